The van der Waals surface area contributed by atoms with Crippen LogP contribution in [0.15, 0.2) is 96.1 Å². The SMILES string of the molecule is CC(C)c1cc2c(C=C(C#N)C(=O)O)sc(-c3ccc(N(c4ccc(-c5sc(C=C(C#N)C(=O)O)c6cc(C(C)C)sc56)cc4)c4ccc(C(C)(C)C)cc4)cc3)c2s1. The second-order valence-corrected chi connectivity index (χ2v) is 20.1. The summed E-state index contributed by atoms with van der Waals surface area (Å²) in [6.07, 6.45) is 2.97. The molecular weight excluding hydrogens is 811 g/mol. The number of hydrogen-bond donors (Lipinski definition) is 2. The lowest BCUT2D eigenvalue weighted by Crippen LogP contribution is -2.13. The van der Waals surface area contributed by atoms with E-state index in [2.05, 4.69) is 138 Å². The Morgan fingerprint density at radius 3 is 1.27 bits per heavy atom. The Morgan fingerprint density at radius 2 is 0.966 bits per heavy atom. The molecule has 0 saturated carbocycles. The van der Waals surface area contributed by atoms with Crippen LogP contribution in [-0.2, 0) is 15.0 Å². The molecule has 0 atom stereocenters. The fourth-order valence-electron chi connectivity index (χ4n) is 6.74. The predicted molar refractivity (Wildman–Crippen MR) is 248 cm³/mol. The second kappa shape index (κ2) is 16.4. The number of benzene rings is 3. The Morgan fingerprint density at radius 1 is 0.610 bits per heavy atom. The zero-order valence-electron chi connectivity index (χ0n) is 33.6. The number of rotatable bonds is 11. The lowest BCUT2D eigenvalue weighted by molar-refractivity contribution is -0.133. The van der Waals surface area contributed by atoms with Crippen LogP contribution in [-0.4, -0.2) is 22.2 Å². The highest BCUT2D eigenvalue weighted by molar-refractivity contribution is 7.28. The average molecular weight is 852 g/mol. The summed E-state index contributed by atoms with van der Waals surface area (Å²) in [5.41, 5.74) is 5.51. The minimum Gasteiger partial charge on any atom is -0.477 e. The molecule has 3 aromatic carbocycles. The van der Waals surface area contributed by atoms with Gasteiger partial charge in [-0.2, -0.15) is 10.5 Å². The van der Waals surface area contributed by atoms with E-state index in [9.17, 15) is 30.3 Å². The van der Waals surface area contributed by atoms with Gasteiger partial charge in [0.15, 0.2) is 0 Å². The maximum Gasteiger partial charge on any atom is 0.346 e. The van der Waals surface area contributed by atoms with E-state index in [0.717, 1.165) is 67.9 Å². The number of fused-ring (bicyclic) bond motifs is 2. The average Bonchev–Trinajstić information content (AvgIpc) is 3.98. The van der Waals surface area contributed by atoms with E-state index in [1.165, 1.54) is 50.1 Å². The Labute approximate surface area is 359 Å². The lowest BCUT2D eigenvalue weighted by Gasteiger charge is -2.27. The molecule has 2 N–H and O–H groups in total. The van der Waals surface area contributed by atoms with Gasteiger partial charge in [-0.25, -0.2) is 9.59 Å². The van der Waals surface area contributed by atoms with E-state index in [0.29, 0.717) is 11.8 Å². The number of nitrogens with zero attached hydrogens (tertiary/aromatic N) is 3. The van der Waals surface area contributed by atoms with Crippen LogP contribution in [0.2, 0.25) is 0 Å². The molecule has 0 saturated heterocycles. The minimum atomic E-state index is -1.25. The smallest absolute Gasteiger partial charge is 0.346 e. The number of carboxylic acid groups (broad SMARTS) is 2. The van der Waals surface area contributed by atoms with Gasteiger partial charge in [-0.05, 0) is 94.6 Å². The molecule has 0 bridgehead atoms. The van der Waals surface area contributed by atoms with Gasteiger partial charge in [0.2, 0.25) is 0 Å². The summed E-state index contributed by atoms with van der Waals surface area (Å²) in [4.78, 5) is 31.7. The van der Waals surface area contributed by atoms with Crippen molar-refractivity contribution >= 4 is 107 Å². The zero-order chi connectivity index (χ0) is 42.3. The molecule has 59 heavy (non-hydrogen) atoms. The first-order valence-corrected chi connectivity index (χ1v) is 22.3. The largest absolute Gasteiger partial charge is 0.477 e. The molecule has 7 rings (SSSR count). The number of hydrogen-bond acceptors (Lipinski definition) is 9. The highest BCUT2D eigenvalue weighted by atomic mass is 32.1. The van der Waals surface area contributed by atoms with Crippen LogP contribution in [0, 0.1) is 22.7 Å². The summed E-state index contributed by atoms with van der Waals surface area (Å²) in [5.74, 6) is -1.90. The van der Waals surface area contributed by atoms with Crippen LogP contribution >= 0.6 is 45.3 Å². The highest BCUT2D eigenvalue weighted by Crippen LogP contribution is 2.48. The Bertz CT molecular complexity index is 2710. The van der Waals surface area contributed by atoms with Crippen molar-refractivity contribution in [2.45, 2.75) is 65.7 Å². The number of nitriles is 2. The molecule has 296 valence electrons. The normalized spacial score (nSPS) is 12.4. The van der Waals surface area contributed by atoms with Gasteiger partial charge in [0.05, 0.1) is 19.2 Å². The van der Waals surface area contributed by atoms with Crippen LogP contribution in [0.4, 0.5) is 17.1 Å². The molecule has 0 aliphatic heterocycles. The van der Waals surface area contributed by atoms with Gasteiger partial charge in [-0.15, -0.1) is 45.3 Å². The monoisotopic (exact) mass is 851 g/mol. The molecule has 0 radical (unpaired) electrons. The van der Waals surface area contributed by atoms with Crippen molar-refractivity contribution in [3.63, 3.8) is 0 Å². The molecule has 0 unspecified atom stereocenters. The molecule has 0 amide bonds. The van der Waals surface area contributed by atoms with Crippen molar-refractivity contribution in [3.8, 4) is 33.0 Å². The van der Waals surface area contributed by atoms with Gasteiger partial charge in [-0.3, -0.25) is 0 Å². The molecule has 0 fully saturated rings. The van der Waals surface area contributed by atoms with E-state index < -0.39 is 11.9 Å². The Kier molecular flexibility index (Phi) is 11.5. The zero-order valence-corrected chi connectivity index (χ0v) is 36.8. The summed E-state index contributed by atoms with van der Waals surface area (Å²) < 4.78 is 2.15. The van der Waals surface area contributed by atoms with E-state index in [4.69, 9.17) is 0 Å². The fourth-order valence-corrected chi connectivity index (χ4v) is 11.9. The highest BCUT2D eigenvalue weighted by Gasteiger charge is 2.22. The Hall–Kier alpha value is -5.82. The number of carbonyl (C=O) groups is 2. The van der Waals surface area contributed by atoms with Crippen molar-refractivity contribution in [2.24, 2.45) is 0 Å². The summed E-state index contributed by atoms with van der Waals surface area (Å²) in [7, 11) is 0. The van der Waals surface area contributed by atoms with Crippen molar-refractivity contribution in [2.75, 3.05) is 4.90 Å². The predicted octanol–water partition coefficient (Wildman–Crippen LogP) is 14.6. The summed E-state index contributed by atoms with van der Waals surface area (Å²) in [5, 5.41) is 40.2. The van der Waals surface area contributed by atoms with Crippen molar-refractivity contribution < 1.29 is 19.8 Å². The summed E-state index contributed by atoms with van der Waals surface area (Å²) >= 11 is 6.40. The Balaban J connectivity index is 1.32. The first-order valence-electron chi connectivity index (χ1n) is 19.0. The number of carboxylic acids is 2. The molecule has 0 spiro atoms. The summed E-state index contributed by atoms with van der Waals surface area (Å²) in [6.45, 7) is 15.1. The molecule has 4 heterocycles. The first kappa shape index (κ1) is 41.3. The topological polar surface area (TPSA) is 125 Å². The van der Waals surface area contributed by atoms with Gasteiger partial charge in [0.25, 0.3) is 0 Å². The molecule has 7 nitrogen and oxygen atoms in total. The number of thiophene rings is 4. The maximum absolute atomic E-state index is 11.8. The minimum absolute atomic E-state index is 0.0157. The molecule has 4 aromatic heterocycles. The third-order valence-electron chi connectivity index (χ3n) is 10.0. The molecule has 0 aliphatic rings. The second-order valence-electron chi connectivity index (χ2n) is 15.9. The third kappa shape index (κ3) is 8.25. The van der Waals surface area contributed by atoms with Crippen molar-refractivity contribution in [1.82, 2.24) is 0 Å². The van der Waals surface area contributed by atoms with E-state index >= 15 is 0 Å². The van der Waals surface area contributed by atoms with Gasteiger partial charge in [0.1, 0.15) is 23.3 Å². The summed E-state index contributed by atoms with van der Waals surface area (Å²) in [6, 6.07) is 33.4. The first-order chi connectivity index (χ1) is 28.1. The van der Waals surface area contributed by atoms with Gasteiger partial charge in [-0.1, -0.05) is 84.9 Å². The molecule has 0 aliphatic carbocycles. The maximum atomic E-state index is 11.8. The van der Waals surface area contributed by atoms with E-state index in [1.54, 1.807) is 22.7 Å². The van der Waals surface area contributed by atoms with Gasteiger partial charge < -0.3 is 15.1 Å². The fraction of sp³-hybridized carbons (Fsp3) is 0.208. The molecule has 7 aromatic rings. The standard InChI is InChI=1S/C48H41N3O4S4/c1-26(2)38-22-36-40(20-30(24-49)46(52)53)58-42(44(36)56-38)28-8-14-33(15-9-28)51(35-18-12-32(13-19-35)48(5,6)7)34-16-10-29(11-17-34)43-45-37(23-39(57-45)27(3)4)41(59-43)21-31(25-50)47(54)55/h8-23,26-27H,1-7H3,(H,52,53)(H,54,55). The van der Waals surface area contributed by atoms with E-state index in [-0.39, 0.29) is 16.6 Å². The van der Waals surface area contributed by atoms with Crippen LogP contribution in [0.5, 0.6) is 0 Å². The quantitative estimate of drug-likeness (QED) is 0.0980. The van der Waals surface area contributed by atoms with Gasteiger partial charge in [0, 0.05) is 47.3 Å². The van der Waals surface area contributed by atoms with Crippen molar-refractivity contribution in [3.05, 3.63) is 121 Å². The lowest BCUT2D eigenvalue weighted by atomic mass is 9.87. The van der Waals surface area contributed by atoms with Crippen LogP contribution < -0.4 is 4.90 Å². The molecule has 11 heteroatoms. The number of aliphatic carboxylic acids is 2. The number of anilines is 3. The van der Waals surface area contributed by atoms with Crippen LogP contribution in [0.1, 0.15) is 85.4 Å². The van der Waals surface area contributed by atoms with Crippen molar-refractivity contribution in [1.29, 1.82) is 10.5 Å². The van der Waals surface area contributed by atoms with Crippen LogP contribution in [0.3, 0.4) is 0 Å². The van der Waals surface area contributed by atoms with Gasteiger partial charge >= 0.3 is 11.9 Å². The third-order valence-corrected chi connectivity index (χ3v) is 15.6. The van der Waals surface area contributed by atoms with E-state index in [1.807, 2.05) is 12.1 Å². The van der Waals surface area contributed by atoms with Crippen LogP contribution in [0.25, 0.3) is 53.2 Å². The molecular formula is C48H41N3O4S4.